The molecule has 0 aliphatic heterocycles. The van der Waals surface area contributed by atoms with Crippen LogP contribution in [0.25, 0.3) is 6.08 Å². The van der Waals surface area contributed by atoms with Gasteiger partial charge in [-0.05, 0) is 37.0 Å². The number of benzene rings is 2. The molecule has 6 nitrogen and oxygen atoms in total. The van der Waals surface area contributed by atoms with Gasteiger partial charge in [-0.3, -0.25) is 9.59 Å². The molecule has 1 heterocycles. The molecule has 8 heteroatoms. The van der Waals surface area contributed by atoms with E-state index in [0.717, 1.165) is 21.8 Å². The van der Waals surface area contributed by atoms with Crippen LogP contribution in [0.3, 0.4) is 0 Å². The number of aryl methyl sites for hydroxylation is 1. The Morgan fingerprint density at radius 1 is 1.16 bits per heavy atom. The lowest BCUT2D eigenvalue weighted by atomic mass is 10.2. The van der Waals surface area contributed by atoms with Crippen molar-refractivity contribution in [2.75, 3.05) is 25.2 Å². The molecule has 2 aromatic carbocycles. The number of para-hydroxylation sites is 1. The first-order valence-electron chi connectivity index (χ1n) is 10.0. The summed E-state index contributed by atoms with van der Waals surface area (Å²) >= 11 is 8.05. The molecule has 0 radical (unpaired) electrons. The number of halogens is 1. The van der Waals surface area contributed by atoms with Crippen LogP contribution < -0.4 is 5.32 Å². The Labute approximate surface area is 197 Å². The Balaban J connectivity index is 1.62. The fourth-order valence-corrected chi connectivity index (χ4v) is 3.98. The van der Waals surface area contributed by atoms with Gasteiger partial charge in [0.2, 0.25) is 11.8 Å². The molecule has 0 saturated heterocycles. The van der Waals surface area contributed by atoms with Crippen LogP contribution >= 0.6 is 23.4 Å². The molecule has 0 aliphatic rings. The van der Waals surface area contributed by atoms with Gasteiger partial charge in [0, 0.05) is 23.6 Å². The topological polar surface area (TPSA) is 67.2 Å². The number of likely N-dealkylation sites (N-methyl/N-ethyl adjacent to an activating group) is 1. The van der Waals surface area contributed by atoms with E-state index >= 15 is 0 Å². The van der Waals surface area contributed by atoms with E-state index < -0.39 is 0 Å². The summed E-state index contributed by atoms with van der Waals surface area (Å²) in [4.78, 5) is 27.2. The van der Waals surface area contributed by atoms with Crippen LogP contribution in [0.2, 0.25) is 5.15 Å². The molecule has 3 aromatic rings. The van der Waals surface area contributed by atoms with Gasteiger partial charge < -0.3 is 10.2 Å². The monoisotopic (exact) mass is 468 g/mol. The van der Waals surface area contributed by atoms with E-state index in [9.17, 15) is 9.59 Å². The molecule has 2 amide bonds. The Hall–Kier alpha value is -3.03. The fourth-order valence-electron chi connectivity index (χ4n) is 3.13. The minimum atomic E-state index is -0.301. The van der Waals surface area contributed by atoms with Crippen LogP contribution in [0.15, 0.2) is 65.6 Å². The summed E-state index contributed by atoms with van der Waals surface area (Å²) in [7, 11) is 1.58. The summed E-state index contributed by atoms with van der Waals surface area (Å²) in [5.41, 5.74) is 3.22. The van der Waals surface area contributed by atoms with Gasteiger partial charge >= 0.3 is 0 Å². The normalized spacial score (nSPS) is 11.0. The third-order valence-corrected chi connectivity index (χ3v) is 6.01. The summed E-state index contributed by atoms with van der Waals surface area (Å²) in [6.45, 7) is 2.32. The van der Waals surface area contributed by atoms with Crippen molar-refractivity contribution in [2.24, 2.45) is 0 Å². The average Bonchev–Trinajstić information content (AvgIpc) is 3.05. The first kappa shape index (κ1) is 23.6. The van der Waals surface area contributed by atoms with Crippen molar-refractivity contribution in [1.82, 2.24) is 14.7 Å². The number of rotatable bonds is 8. The minimum Gasteiger partial charge on any atom is -0.333 e. The number of thioether (sulfide) groups is 1. The lowest BCUT2D eigenvalue weighted by Gasteiger charge is -2.15. The number of carbonyl (C=O) groups excluding carboxylic acids is 2. The third kappa shape index (κ3) is 6.02. The largest absolute Gasteiger partial charge is 0.333 e. The number of carbonyl (C=O) groups is 2. The van der Waals surface area contributed by atoms with E-state index in [0.29, 0.717) is 17.3 Å². The maximum Gasteiger partial charge on any atom is 0.246 e. The highest BCUT2D eigenvalue weighted by atomic mass is 35.5. The van der Waals surface area contributed by atoms with Crippen molar-refractivity contribution in [1.29, 1.82) is 0 Å². The van der Waals surface area contributed by atoms with E-state index in [1.165, 1.54) is 11.0 Å². The van der Waals surface area contributed by atoms with E-state index in [1.807, 2.05) is 67.8 Å². The van der Waals surface area contributed by atoms with Crippen molar-refractivity contribution in [3.63, 3.8) is 0 Å². The smallest absolute Gasteiger partial charge is 0.246 e. The van der Waals surface area contributed by atoms with Crippen molar-refractivity contribution in [2.45, 2.75) is 18.4 Å². The molecule has 0 atom stereocenters. The lowest BCUT2D eigenvalue weighted by Crippen LogP contribution is -2.33. The first-order valence-corrected chi connectivity index (χ1v) is 11.6. The highest BCUT2D eigenvalue weighted by molar-refractivity contribution is 7.98. The van der Waals surface area contributed by atoms with Gasteiger partial charge in [-0.1, -0.05) is 54.1 Å². The molecule has 0 saturated carbocycles. The van der Waals surface area contributed by atoms with Gasteiger partial charge in [0.1, 0.15) is 5.15 Å². The molecule has 0 spiro atoms. The molecule has 1 aromatic heterocycles. The molecular weight excluding hydrogens is 444 g/mol. The number of nitrogens with zero attached hydrogens (tertiary/aromatic N) is 3. The standard InChI is InChI=1S/C24H25ClN4O2S/c1-17-19(24(25)29(27-17)15-18-9-5-4-6-10-18)13-14-23(31)28(2)16-22(30)26-20-11-7-8-12-21(20)32-3/h4-14H,15-16H2,1-3H3,(H,26,30)/b14-13+. The van der Waals surface area contributed by atoms with Gasteiger partial charge in [0.15, 0.2) is 0 Å². The molecular formula is C24H25ClN4O2S. The van der Waals surface area contributed by atoms with Crippen molar-refractivity contribution in [3.8, 4) is 0 Å². The van der Waals surface area contributed by atoms with Gasteiger partial charge in [0.25, 0.3) is 0 Å². The van der Waals surface area contributed by atoms with Crippen LogP contribution in [-0.4, -0.2) is 46.3 Å². The molecule has 3 rings (SSSR count). The summed E-state index contributed by atoms with van der Waals surface area (Å²) in [6, 6.07) is 17.4. The number of hydrogen-bond acceptors (Lipinski definition) is 4. The number of hydrogen-bond donors (Lipinski definition) is 1. The van der Waals surface area contributed by atoms with Crippen LogP contribution in [0.5, 0.6) is 0 Å². The third-order valence-electron chi connectivity index (χ3n) is 4.82. The Morgan fingerprint density at radius 2 is 1.84 bits per heavy atom. The zero-order valence-electron chi connectivity index (χ0n) is 18.2. The van der Waals surface area contributed by atoms with Gasteiger partial charge in [-0.25, -0.2) is 4.68 Å². The zero-order valence-corrected chi connectivity index (χ0v) is 19.8. The molecule has 0 fully saturated rings. The summed E-state index contributed by atoms with van der Waals surface area (Å²) in [5.74, 6) is -0.565. The quantitative estimate of drug-likeness (QED) is 0.383. The first-order chi connectivity index (χ1) is 15.4. The second-order valence-corrected chi connectivity index (χ2v) is 8.42. The molecule has 1 N–H and O–H groups in total. The Bertz CT molecular complexity index is 1130. The molecule has 0 bridgehead atoms. The highest BCUT2D eigenvalue weighted by Gasteiger charge is 2.15. The maximum absolute atomic E-state index is 12.5. The van der Waals surface area contributed by atoms with Crippen molar-refractivity contribution >= 4 is 46.9 Å². The highest BCUT2D eigenvalue weighted by Crippen LogP contribution is 2.25. The van der Waals surface area contributed by atoms with E-state index in [4.69, 9.17) is 11.6 Å². The Kier molecular flexibility index (Phi) is 8.14. The molecule has 166 valence electrons. The Morgan fingerprint density at radius 3 is 2.56 bits per heavy atom. The average molecular weight is 469 g/mol. The maximum atomic E-state index is 12.5. The molecule has 32 heavy (non-hydrogen) atoms. The number of aromatic nitrogens is 2. The van der Waals surface area contributed by atoms with Gasteiger partial charge in [0.05, 0.1) is 24.5 Å². The SMILES string of the molecule is CSc1ccccc1NC(=O)CN(C)C(=O)/C=C/c1c(C)nn(Cc2ccccc2)c1Cl. The van der Waals surface area contributed by atoms with E-state index in [-0.39, 0.29) is 18.4 Å². The van der Waals surface area contributed by atoms with Gasteiger partial charge in [-0.2, -0.15) is 5.10 Å². The van der Waals surface area contributed by atoms with E-state index in [2.05, 4.69) is 10.4 Å². The fraction of sp³-hybridized carbons (Fsp3) is 0.208. The summed E-state index contributed by atoms with van der Waals surface area (Å²) in [6.07, 6.45) is 5.00. The molecule has 0 unspecified atom stereocenters. The van der Waals surface area contributed by atoms with Crippen molar-refractivity contribution < 1.29 is 9.59 Å². The van der Waals surface area contributed by atoms with Gasteiger partial charge in [-0.15, -0.1) is 11.8 Å². The predicted molar refractivity (Wildman–Crippen MR) is 131 cm³/mol. The minimum absolute atomic E-state index is 0.0636. The lowest BCUT2D eigenvalue weighted by molar-refractivity contribution is -0.129. The predicted octanol–water partition coefficient (Wildman–Crippen LogP) is 4.73. The number of amides is 2. The molecule has 0 aliphatic carbocycles. The summed E-state index contributed by atoms with van der Waals surface area (Å²) in [5, 5.41) is 7.80. The van der Waals surface area contributed by atoms with Crippen LogP contribution in [0.1, 0.15) is 16.8 Å². The second-order valence-electron chi connectivity index (χ2n) is 7.21. The van der Waals surface area contributed by atoms with Crippen molar-refractivity contribution in [3.05, 3.63) is 82.6 Å². The summed E-state index contributed by atoms with van der Waals surface area (Å²) < 4.78 is 1.71. The zero-order chi connectivity index (χ0) is 23.1. The second kappa shape index (κ2) is 11.0. The van der Waals surface area contributed by atoms with Crippen LogP contribution in [0, 0.1) is 6.92 Å². The number of nitrogens with one attached hydrogen (secondary N) is 1. The number of anilines is 1. The van der Waals surface area contributed by atoms with Crippen LogP contribution in [0.4, 0.5) is 5.69 Å². The van der Waals surface area contributed by atoms with Crippen LogP contribution in [-0.2, 0) is 16.1 Å². The van der Waals surface area contributed by atoms with E-state index in [1.54, 1.807) is 29.6 Å².